The second kappa shape index (κ2) is 9.51. The lowest BCUT2D eigenvalue weighted by Gasteiger charge is -2.34. The highest BCUT2D eigenvalue weighted by Crippen LogP contribution is 2.15. The zero-order valence-corrected chi connectivity index (χ0v) is 16.7. The number of rotatable bonds is 7. The van der Waals surface area contributed by atoms with Gasteiger partial charge in [0.2, 0.25) is 5.91 Å². The molecule has 2 aromatic rings. The van der Waals surface area contributed by atoms with Crippen LogP contribution in [0.15, 0.2) is 48.5 Å². The average Bonchev–Trinajstić information content (AvgIpc) is 2.73. The number of benzene rings is 2. The summed E-state index contributed by atoms with van der Waals surface area (Å²) in [6.45, 7) is 5.26. The molecule has 1 amide bonds. The van der Waals surface area contributed by atoms with Gasteiger partial charge in [-0.05, 0) is 31.0 Å². The highest BCUT2D eigenvalue weighted by molar-refractivity contribution is 5.97. The molecule has 0 atom stereocenters. The maximum atomic E-state index is 12.5. The number of ketones is 1. The Bertz CT molecular complexity index is 809. The van der Waals surface area contributed by atoms with E-state index in [1.54, 1.807) is 7.11 Å². The zero-order chi connectivity index (χ0) is 19.9. The Labute approximate surface area is 166 Å². The van der Waals surface area contributed by atoms with Gasteiger partial charge in [0, 0.05) is 38.2 Å². The van der Waals surface area contributed by atoms with Crippen LogP contribution in [-0.2, 0) is 11.2 Å². The first-order valence-electron chi connectivity index (χ1n) is 9.78. The first kappa shape index (κ1) is 20.1. The topological polar surface area (TPSA) is 49.9 Å². The number of ether oxygens (including phenoxy) is 1. The number of carbonyl (C=O) groups excluding carboxylic acids is 2. The van der Waals surface area contributed by atoms with Crippen LogP contribution in [0.3, 0.4) is 0 Å². The Hall–Kier alpha value is -2.66. The van der Waals surface area contributed by atoms with Gasteiger partial charge in [0.1, 0.15) is 5.75 Å². The normalized spacial score (nSPS) is 14.7. The fraction of sp³-hybridized carbons (Fsp3) is 0.391. The average molecular weight is 380 g/mol. The van der Waals surface area contributed by atoms with E-state index < -0.39 is 0 Å². The van der Waals surface area contributed by atoms with Gasteiger partial charge >= 0.3 is 0 Å². The van der Waals surface area contributed by atoms with Gasteiger partial charge < -0.3 is 9.64 Å². The monoisotopic (exact) mass is 380 g/mol. The first-order chi connectivity index (χ1) is 13.5. The molecule has 0 aromatic heterocycles. The second-order valence-corrected chi connectivity index (χ2v) is 7.30. The highest BCUT2D eigenvalue weighted by atomic mass is 16.5. The lowest BCUT2D eigenvalue weighted by Crippen LogP contribution is -2.49. The summed E-state index contributed by atoms with van der Waals surface area (Å²) in [6, 6.07) is 15.5. The smallest absolute Gasteiger partial charge is 0.222 e. The van der Waals surface area contributed by atoms with E-state index in [2.05, 4.69) is 4.90 Å². The molecular weight excluding hydrogens is 352 g/mol. The van der Waals surface area contributed by atoms with Crippen molar-refractivity contribution in [2.24, 2.45) is 0 Å². The van der Waals surface area contributed by atoms with Crippen molar-refractivity contribution < 1.29 is 14.3 Å². The molecule has 0 radical (unpaired) electrons. The molecule has 0 bridgehead atoms. The van der Waals surface area contributed by atoms with Gasteiger partial charge in [-0.2, -0.15) is 0 Å². The number of hydrogen-bond donors (Lipinski definition) is 0. The summed E-state index contributed by atoms with van der Waals surface area (Å²) < 4.78 is 5.23. The van der Waals surface area contributed by atoms with E-state index in [0.717, 1.165) is 35.5 Å². The SMILES string of the molecule is COc1cccc(CCC(=O)N2CCN(CC(=O)c3ccc(C)cc3)CC2)c1. The molecular formula is C23H28N2O3. The maximum Gasteiger partial charge on any atom is 0.222 e. The molecule has 0 aliphatic carbocycles. The van der Waals surface area contributed by atoms with Gasteiger partial charge in [0.15, 0.2) is 5.78 Å². The van der Waals surface area contributed by atoms with Crippen LogP contribution in [0.5, 0.6) is 5.75 Å². The molecule has 2 aromatic carbocycles. The molecule has 5 heteroatoms. The number of piperazine rings is 1. The third-order valence-electron chi connectivity index (χ3n) is 5.23. The summed E-state index contributed by atoms with van der Waals surface area (Å²) in [5, 5.41) is 0. The van der Waals surface area contributed by atoms with Crippen molar-refractivity contribution in [3.8, 4) is 5.75 Å². The standard InChI is InChI=1S/C23H28N2O3/c1-18-6-9-20(10-7-18)22(26)17-24-12-14-25(15-13-24)23(27)11-8-19-4-3-5-21(16-19)28-2/h3-7,9-10,16H,8,11-15,17H2,1-2H3. The second-order valence-electron chi connectivity index (χ2n) is 7.30. The number of carbonyl (C=O) groups is 2. The Morgan fingerprint density at radius 3 is 2.39 bits per heavy atom. The number of Topliss-reactive ketones (excluding diaryl/α,β-unsaturated/α-hetero) is 1. The van der Waals surface area contributed by atoms with Crippen molar-refractivity contribution in [3.63, 3.8) is 0 Å². The molecule has 1 heterocycles. The predicted octanol–water partition coefficient (Wildman–Crippen LogP) is 2.96. The zero-order valence-electron chi connectivity index (χ0n) is 16.7. The molecule has 0 unspecified atom stereocenters. The predicted molar refractivity (Wildman–Crippen MR) is 110 cm³/mol. The van der Waals surface area contributed by atoms with Crippen LogP contribution in [0.1, 0.15) is 27.9 Å². The van der Waals surface area contributed by atoms with Crippen molar-refractivity contribution in [1.82, 2.24) is 9.80 Å². The maximum absolute atomic E-state index is 12.5. The van der Waals surface area contributed by atoms with Gasteiger partial charge in [-0.3, -0.25) is 14.5 Å². The molecule has 0 N–H and O–H groups in total. The van der Waals surface area contributed by atoms with Crippen molar-refractivity contribution in [3.05, 3.63) is 65.2 Å². The molecule has 5 nitrogen and oxygen atoms in total. The lowest BCUT2D eigenvalue weighted by atomic mass is 10.1. The summed E-state index contributed by atoms with van der Waals surface area (Å²) in [5.41, 5.74) is 3.01. The fourth-order valence-electron chi connectivity index (χ4n) is 3.43. The van der Waals surface area contributed by atoms with Crippen LogP contribution in [0, 0.1) is 6.92 Å². The van der Waals surface area contributed by atoms with Crippen molar-refractivity contribution in [2.45, 2.75) is 19.8 Å². The first-order valence-corrected chi connectivity index (χ1v) is 9.78. The number of nitrogens with zero attached hydrogens (tertiary/aromatic N) is 2. The highest BCUT2D eigenvalue weighted by Gasteiger charge is 2.22. The van der Waals surface area contributed by atoms with E-state index in [9.17, 15) is 9.59 Å². The Balaban J connectivity index is 1.43. The molecule has 1 aliphatic rings. The van der Waals surface area contributed by atoms with Crippen LogP contribution >= 0.6 is 0 Å². The van der Waals surface area contributed by atoms with Crippen LogP contribution in [0.4, 0.5) is 0 Å². The molecule has 3 rings (SSSR count). The van der Waals surface area contributed by atoms with E-state index in [-0.39, 0.29) is 11.7 Å². The molecule has 0 spiro atoms. The summed E-state index contributed by atoms with van der Waals surface area (Å²) in [7, 11) is 1.65. The number of aryl methyl sites for hydroxylation is 2. The minimum atomic E-state index is 0.137. The molecule has 1 saturated heterocycles. The Morgan fingerprint density at radius 2 is 1.71 bits per heavy atom. The van der Waals surface area contributed by atoms with E-state index in [4.69, 9.17) is 4.74 Å². The quantitative estimate of drug-likeness (QED) is 0.693. The number of methoxy groups -OCH3 is 1. The van der Waals surface area contributed by atoms with E-state index in [0.29, 0.717) is 32.5 Å². The van der Waals surface area contributed by atoms with Gasteiger partial charge in [0.25, 0.3) is 0 Å². The summed E-state index contributed by atoms with van der Waals surface area (Å²) in [5.74, 6) is 1.13. The number of hydrogen-bond acceptors (Lipinski definition) is 4. The summed E-state index contributed by atoms with van der Waals surface area (Å²) >= 11 is 0. The van der Waals surface area contributed by atoms with Gasteiger partial charge in [-0.15, -0.1) is 0 Å². The van der Waals surface area contributed by atoms with Gasteiger partial charge in [-0.25, -0.2) is 0 Å². The third-order valence-corrected chi connectivity index (χ3v) is 5.23. The lowest BCUT2D eigenvalue weighted by molar-refractivity contribution is -0.132. The molecule has 1 aliphatic heterocycles. The van der Waals surface area contributed by atoms with Crippen LogP contribution in [-0.4, -0.2) is 61.3 Å². The van der Waals surface area contributed by atoms with Crippen LogP contribution in [0.25, 0.3) is 0 Å². The van der Waals surface area contributed by atoms with Crippen molar-refractivity contribution >= 4 is 11.7 Å². The largest absolute Gasteiger partial charge is 0.497 e. The fourth-order valence-corrected chi connectivity index (χ4v) is 3.43. The molecule has 1 fully saturated rings. The Morgan fingerprint density at radius 1 is 1.00 bits per heavy atom. The minimum absolute atomic E-state index is 0.137. The van der Waals surface area contributed by atoms with Crippen molar-refractivity contribution in [1.29, 1.82) is 0 Å². The summed E-state index contributed by atoms with van der Waals surface area (Å²) in [4.78, 5) is 29.0. The molecule has 28 heavy (non-hydrogen) atoms. The number of amides is 1. The van der Waals surface area contributed by atoms with Gasteiger partial charge in [-0.1, -0.05) is 42.0 Å². The van der Waals surface area contributed by atoms with Crippen molar-refractivity contribution in [2.75, 3.05) is 39.8 Å². The van der Waals surface area contributed by atoms with Gasteiger partial charge in [0.05, 0.1) is 13.7 Å². The van der Waals surface area contributed by atoms with E-state index >= 15 is 0 Å². The van der Waals surface area contributed by atoms with E-state index in [1.807, 2.05) is 60.4 Å². The Kier molecular flexibility index (Phi) is 6.82. The molecule has 148 valence electrons. The third kappa shape index (κ3) is 5.42. The van der Waals surface area contributed by atoms with Crippen LogP contribution in [0.2, 0.25) is 0 Å². The van der Waals surface area contributed by atoms with E-state index in [1.165, 1.54) is 0 Å². The minimum Gasteiger partial charge on any atom is -0.497 e. The van der Waals surface area contributed by atoms with Crippen LogP contribution < -0.4 is 4.74 Å². The molecule has 0 saturated carbocycles. The summed E-state index contributed by atoms with van der Waals surface area (Å²) in [6.07, 6.45) is 1.21.